The maximum atomic E-state index is 13.8. The van der Waals surface area contributed by atoms with Gasteiger partial charge in [0.05, 0.1) is 41.6 Å². The average Bonchev–Trinajstić information content (AvgIpc) is 3.73. The molecule has 15 heteroatoms. The van der Waals surface area contributed by atoms with Gasteiger partial charge in [-0.05, 0) is 86.6 Å². The Bertz CT molecular complexity index is 1340. The lowest BCUT2D eigenvalue weighted by Gasteiger charge is -2.44. The molecule has 1 saturated carbocycles. The van der Waals surface area contributed by atoms with Crippen molar-refractivity contribution in [1.82, 2.24) is 4.90 Å². The van der Waals surface area contributed by atoms with E-state index in [0.717, 1.165) is 24.1 Å². The molecule has 0 aromatic heterocycles. The van der Waals surface area contributed by atoms with Gasteiger partial charge in [0.1, 0.15) is 0 Å². The average molecular weight is 627 g/mol. The van der Waals surface area contributed by atoms with Gasteiger partial charge in [0.25, 0.3) is 0 Å². The topological polar surface area (TPSA) is 59.1 Å². The first-order valence-corrected chi connectivity index (χ1v) is 13.1. The highest BCUT2D eigenvalue weighted by Gasteiger charge is 2.48. The van der Waals surface area contributed by atoms with Gasteiger partial charge in [-0.3, -0.25) is 9.80 Å². The number of hydrogen-bond acceptors (Lipinski definition) is 4. The molecule has 1 aliphatic heterocycles. The minimum atomic E-state index is -5.17. The summed E-state index contributed by atoms with van der Waals surface area (Å²) in [4.78, 5) is 28.2. The number of carbonyl (C=O) groups is 2. The van der Waals surface area contributed by atoms with E-state index in [4.69, 9.17) is 9.47 Å². The summed E-state index contributed by atoms with van der Waals surface area (Å²) in [5.74, 6) is -0.137. The zero-order valence-corrected chi connectivity index (χ0v) is 23.0. The predicted octanol–water partition coefficient (Wildman–Crippen LogP) is 8.59. The molecule has 6 nitrogen and oxygen atoms in total. The molecule has 2 atom stereocenters. The highest BCUT2D eigenvalue weighted by molar-refractivity contribution is 5.91. The van der Waals surface area contributed by atoms with Crippen LogP contribution in [0.25, 0.3) is 0 Å². The van der Waals surface area contributed by atoms with Crippen LogP contribution in [0.2, 0.25) is 0 Å². The predicted molar refractivity (Wildman–Crippen MR) is 134 cm³/mol. The standard InChI is InChI=1S/C28H27F9N2O4/c1-14(2)43-25(41)39-21-7-6-17(26(29,30)31)11-20(21)23(12-22(39)16-4-5-16)38(24(40)42-3)13-15-8-18(27(32,33)34)10-19(9-15)28(35,36)37/h6-11,14,16,22-23H,4-5,12-13H2,1-3H3/t22-,23-/m1/s1. The molecule has 0 radical (unpaired) electrons. The fourth-order valence-corrected chi connectivity index (χ4v) is 5.26. The van der Waals surface area contributed by atoms with Crippen LogP contribution < -0.4 is 4.90 Å². The molecule has 1 aliphatic carbocycles. The van der Waals surface area contributed by atoms with Crippen LogP contribution in [-0.4, -0.2) is 36.3 Å². The highest BCUT2D eigenvalue weighted by atomic mass is 19.4. The van der Waals surface area contributed by atoms with Gasteiger partial charge in [0.2, 0.25) is 0 Å². The molecular formula is C28H27F9N2O4. The van der Waals surface area contributed by atoms with Crippen LogP contribution in [0.5, 0.6) is 0 Å². The van der Waals surface area contributed by atoms with Crippen LogP contribution >= 0.6 is 0 Å². The Morgan fingerprint density at radius 3 is 1.91 bits per heavy atom. The summed E-state index contributed by atoms with van der Waals surface area (Å²) in [5.41, 5.74) is -5.18. The smallest absolute Gasteiger partial charge is 0.416 e. The molecule has 236 valence electrons. The molecule has 2 aliphatic rings. The fraction of sp³-hybridized carbons (Fsp3) is 0.500. The van der Waals surface area contributed by atoms with E-state index in [1.54, 1.807) is 13.8 Å². The zero-order chi connectivity index (χ0) is 32.1. The van der Waals surface area contributed by atoms with E-state index in [-0.39, 0.29) is 29.7 Å². The van der Waals surface area contributed by atoms with E-state index < -0.39 is 77.7 Å². The zero-order valence-electron chi connectivity index (χ0n) is 23.0. The van der Waals surface area contributed by atoms with Gasteiger partial charge in [0.15, 0.2) is 0 Å². The second-order valence-electron chi connectivity index (χ2n) is 10.7. The van der Waals surface area contributed by atoms with Gasteiger partial charge in [-0.15, -0.1) is 0 Å². The Hall–Kier alpha value is -3.65. The summed E-state index contributed by atoms with van der Waals surface area (Å²) < 4.78 is 133. The van der Waals surface area contributed by atoms with Gasteiger partial charge >= 0.3 is 30.7 Å². The van der Waals surface area contributed by atoms with Gasteiger partial charge in [-0.1, -0.05) is 0 Å². The number of fused-ring (bicyclic) bond motifs is 1. The molecule has 2 aromatic rings. The molecule has 43 heavy (non-hydrogen) atoms. The minimum absolute atomic E-state index is 0.0271. The Morgan fingerprint density at radius 2 is 1.44 bits per heavy atom. The van der Waals surface area contributed by atoms with Crippen LogP contribution in [0.4, 0.5) is 54.8 Å². The normalized spacial score (nSPS) is 19.2. The van der Waals surface area contributed by atoms with Crippen molar-refractivity contribution in [3.8, 4) is 0 Å². The lowest BCUT2D eigenvalue weighted by Crippen LogP contribution is -2.50. The van der Waals surface area contributed by atoms with Crippen LogP contribution in [0.15, 0.2) is 36.4 Å². The molecule has 0 N–H and O–H groups in total. The molecular weight excluding hydrogens is 599 g/mol. The number of rotatable bonds is 5. The van der Waals surface area contributed by atoms with E-state index in [9.17, 15) is 49.1 Å². The number of nitrogens with zero attached hydrogens (tertiary/aromatic N) is 2. The number of anilines is 1. The lowest BCUT2D eigenvalue weighted by atomic mass is 9.86. The maximum Gasteiger partial charge on any atom is 0.416 e. The summed E-state index contributed by atoms with van der Waals surface area (Å²) in [7, 11) is 0.920. The number of amides is 2. The Balaban J connectivity index is 1.88. The molecule has 0 spiro atoms. The first kappa shape index (κ1) is 32.3. The van der Waals surface area contributed by atoms with Crippen molar-refractivity contribution in [3.05, 3.63) is 64.2 Å². The largest absolute Gasteiger partial charge is 0.453 e. The summed E-state index contributed by atoms with van der Waals surface area (Å²) in [6.07, 6.45) is -16.7. The number of methoxy groups -OCH3 is 1. The van der Waals surface area contributed by atoms with E-state index in [1.807, 2.05) is 0 Å². The lowest BCUT2D eigenvalue weighted by molar-refractivity contribution is -0.143. The molecule has 1 heterocycles. The number of alkyl halides is 9. The van der Waals surface area contributed by atoms with Crippen molar-refractivity contribution in [2.75, 3.05) is 12.0 Å². The number of halogens is 9. The Labute approximate surface area is 240 Å². The molecule has 2 aromatic carbocycles. The number of ether oxygens (including phenoxy) is 2. The van der Waals surface area contributed by atoms with E-state index >= 15 is 0 Å². The first-order chi connectivity index (χ1) is 19.8. The Kier molecular flexibility index (Phi) is 8.59. The summed E-state index contributed by atoms with van der Waals surface area (Å²) >= 11 is 0. The number of carbonyl (C=O) groups excluding carboxylic acids is 2. The quantitative estimate of drug-likeness (QED) is 0.312. The van der Waals surface area contributed by atoms with E-state index in [0.29, 0.717) is 31.0 Å². The molecule has 0 saturated heterocycles. The van der Waals surface area contributed by atoms with Crippen molar-refractivity contribution >= 4 is 17.9 Å². The van der Waals surface area contributed by atoms with Gasteiger partial charge in [-0.2, -0.15) is 39.5 Å². The number of hydrogen-bond donors (Lipinski definition) is 0. The van der Waals surface area contributed by atoms with Crippen LogP contribution in [0.1, 0.15) is 67.0 Å². The van der Waals surface area contributed by atoms with Crippen molar-refractivity contribution in [2.45, 2.75) is 76.4 Å². The SMILES string of the molecule is COC(=O)N(Cc1cc(C(F)(F)F)cc(C(F)(F)F)c1)[C@@H]1C[C@H](C2CC2)N(C(=O)OC(C)C)c2ccc(C(F)(F)F)cc21. The summed E-state index contributed by atoms with van der Waals surface area (Å²) in [6, 6.07) is 1.29. The second kappa shape index (κ2) is 11.5. The van der Waals surface area contributed by atoms with E-state index in [1.165, 1.54) is 4.90 Å². The monoisotopic (exact) mass is 626 g/mol. The van der Waals surface area contributed by atoms with Crippen molar-refractivity contribution < 1.29 is 58.6 Å². The van der Waals surface area contributed by atoms with Crippen molar-refractivity contribution in [3.63, 3.8) is 0 Å². The first-order valence-electron chi connectivity index (χ1n) is 13.1. The highest BCUT2D eigenvalue weighted by Crippen LogP contribution is 2.50. The summed E-state index contributed by atoms with van der Waals surface area (Å²) in [5, 5.41) is 0. The maximum absolute atomic E-state index is 13.8. The third-order valence-electron chi connectivity index (χ3n) is 7.25. The van der Waals surface area contributed by atoms with Crippen LogP contribution in [0, 0.1) is 5.92 Å². The summed E-state index contributed by atoms with van der Waals surface area (Å²) in [6.45, 7) is 2.29. The van der Waals surface area contributed by atoms with Gasteiger partial charge in [-0.25, -0.2) is 9.59 Å². The van der Waals surface area contributed by atoms with Crippen molar-refractivity contribution in [2.24, 2.45) is 5.92 Å². The third-order valence-corrected chi connectivity index (χ3v) is 7.25. The third kappa shape index (κ3) is 7.12. The van der Waals surface area contributed by atoms with Gasteiger partial charge in [0, 0.05) is 12.6 Å². The number of benzene rings is 2. The van der Waals surface area contributed by atoms with Gasteiger partial charge < -0.3 is 9.47 Å². The fourth-order valence-electron chi connectivity index (χ4n) is 5.26. The molecule has 2 amide bonds. The van der Waals surface area contributed by atoms with E-state index in [2.05, 4.69) is 0 Å². The molecule has 0 bridgehead atoms. The van der Waals surface area contributed by atoms with Crippen molar-refractivity contribution in [1.29, 1.82) is 0 Å². The second-order valence-corrected chi connectivity index (χ2v) is 10.7. The molecule has 4 rings (SSSR count). The molecule has 0 unspecified atom stereocenters. The molecule has 1 fully saturated rings. The Morgan fingerprint density at radius 1 is 0.884 bits per heavy atom. The minimum Gasteiger partial charge on any atom is -0.453 e. The van der Waals surface area contributed by atoms with Crippen LogP contribution in [0.3, 0.4) is 0 Å². The van der Waals surface area contributed by atoms with Crippen LogP contribution in [-0.2, 0) is 34.5 Å².